The Bertz CT molecular complexity index is 1080. The third kappa shape index (κ3) is 6.40. The van der Waals surface area contributed by atoms with Crippen molar-refractivity contribution in [3.63, 3.8) is 0 Å². The number of rotatable bonds is 11. The van der Waals surface area contributed by atoms with Crippen LogP contribution < -0.4 is 9.47 Å². The Kier molecular flexibility index (Phi) is 9.13. The largest absolute Gasteiger partial charge is 0.493 e. The van der Waals surface area contributed by atoms with E-state index >= 15 is 0 Å². The lowest BCUT2D eigenvalue weighted by Crippen LogP contribution is -2.32. The van der Waals surface area contributed by atoms with E-state index in [1.165, 1.54) is 11.9 Å². The molecule has 0 N–H and O–H groups in total. The summed E-state index contributed by atoms with van der Waals surface area (Å²) in [5, 5.41) is 0. The fourth-order valence-electron chi connectivity index (χ4n) is 3.59. The summed E-state index contributed by atoms with van der Waals surface area (Å²) in [7, 11) is 0. The maximum Gasteiger partial charge on any atom is 0.344 e. The minimum atomic E-state index is -0.477. The zero-order valence-corrected chi connectivity index (χ0v) is 20.4. The number of esters is 1. The van der Waals surface area contributed by atoms with Crippen molar-refractivity contribution in [3.05, 3.63) is 52.6 Å². The molecule has 1 aliphatic heterocycles. The fourth-order valence-corrected chi connectivity index (χ4v) is 3.80. The highest BCUT2D eigenvalue weighted by atomic mass is 32.2. The van der Waals surface area contributed by atoms with Gasteiger partial charge in [0, 0.05) is 36.4 Å². The minimum absolute atomic E-state index is 0.0663. The third-order valence-electron chi connectivity index (χ3n) is 5.13. The number of benzene rings is 1. The van der Waals surface area contributed by atoms with Crippen molar-refractivity contribution in [2.24, 2.45) is 4.40 Å². The highest BCUT2D eigenvalue weighted by Gasteiger charge is 2.32. The topological polar surface area (TPSA) is 94.5 Å². The van der Waals surface area contributed by atoms with E-state index in [2.05, 4.69) is 10.3 Å². The average molecular weight is 485 g/mol. The molecule has 0 saturated carbocycles. The molecular formula is C25H28N2O6S. The zero-order chi connectivity index (χ0) is 24.5. The first-order valence-corrected chi connectivity index (χ1v) is 12.3. The second-order valence-electron chi connectivity index (χ2n) is 7.62. The molecule has 2 aliphatic rings. The Hall–Kier alpha value is -3.29. The van der Waals surface area contributed by atoms with Gasteiger partial charge in [0.25, 0.3) is 5.91 Å². The van der Waals surface area contributed by atoms with Gasteiger partial charge in [-0.05, 0) is 61.0 Å². The van der Waals surface area contributed by atoms with Crippen molar-refractivity contribution in [1.82, 2.24) is 4.90 Å². The number of hydrogen-bond acceptors (Lipinski definition) is 8. The van der Waals surface area contributed by atoms with Crippen molar-refractivity contribution < 1.29 is 28.6 Å². The van der Waals surface area contributed by atoms with Gasteiger partial charge in [0.05, 0.1) is 25.3 Å². The van der Waals surface area contributed by atoms with Gasteiger partial charge in [0.2, 0.25) is 0 Å². The molecule has 34 heavy (non-hydrogen) atoms. The van der Waals surface area contributed by atoms with Gasteiger partial charge >= 0.3 is 5.97 Å². The number of allylic oxidation sites excluding steroid dienone is 2. The first-order valence-electron chi connectivity index (χ1n) is 11.1. The molecule has 1 heterocycles. The molecule has 1 amide bonds. The Labute approximate surface area is 203 Å². The smallest absolute Gasteiger partial charge is 0.344 e. The van der Waals surface area contributed by atoms with Crippen LogP contribution >= 0.6 is 11.9 Å². The molecule has 1 aliphatic carbocycles. The van der Waals surface area contributed by atoms with E-state index in [0.717, 1.165) is 17.6 Å². The first kappa shape index (κ1) is 25.3. The lowest BCUT2D eigenvalue weighted by Gasteiger charge is -2.18. The summed E-state index contributed by atoms with van der Waals surface area (Å²) in [6.07, 6.45) is 6.81. The monoisotopic (exact) mass is 484 g/mol. The molecule has 0 spiro atoms. The molecule has 1 aromatic carbocycles. The van der Waals surface area contributed by atoms with Crippen LogP contribution in [0.5, 0.6) is 11.5 Å². The highest BCUT2D eigenvalue weighted by molar-refractivity contribution is 7.97. The molecule has 1 aromatic rings. The quantitative estimate of drug-likeness (QED) is 0.205. The lowest BCUT2D eigenvalue weighted by atomic mass is 9.97. The molecule has 0 radical (unpaired) electrons. The van der Waals surface area contributed by atoms with Crippen LogP contribution in [-0.2, 0) is 14.3 Å². The van der Waals surface area contributed by atoms with Crippen LogP contribution in [0.1, 0.15) is 37.0 Å². The van der Waals surface area contributed by atoms with E-state index in [1.54, 1.807) is 36.1 Å². The van der Waals surface area contributed by atoms with Crippen molar-refractivity contribution in [2.45, 2.75) is 26.7 Å². The molecule has 0 fully saturated rings. The number of nitrogens with zero attached hydrogens (tertiary/aromatic N) is 2. The van der Waals surface area contributed by atoms with Gasteiger partial charge in [-0.15, -0.1) is 0 Å². The van der Waals surface area contributed by atoms with Crippen LogP contribution in [0.15, 0.2) is 51.5 Å². The molecule has 0 bridgehead atoms. The number of Topliss-reactive ketones (excluding diaryl/α,β-unsaturated/α-hetero) is 1. The summed E-state index contributed by atoms with van der Waals surface area (Å²) < 4.78 is 20.2. The van der Waals surface area contributed by atoms with Gasteiger partial charge in [-0.2, -0.15) is 4.40 Å². The standard InChI is InChI=1S/C25H28N2O6S/c1-4-10-32-23-12-19(33-16-24(29)31-5-2)7-9-21(23)22(28)15-27-14-18-11-17(13-26-34-3)6-8-20(18)25(27)30/h6-9,12H,4-5,10-11,14-16H2,1-3H3. The first-order chi connectivity index (χ1) is 16.5. The van der Waals surface area contributed by atoms with Crippen LogP contribution in [0.3, 0.4) is 0 Å². The summed E-state index contributed by atoms with van der Waals surface area (Å²) in [6, 6.07) is 4.79. The molecule has 0 saturated heterocycles. The molecule has 0 atom stereocenters. The minimum Gasteiger partial charge on any atom is -0.493 e. The Balaban J connectivity index is 1.70. The maximum absolute atomic E-state index is 13.1. The van der Waals surface area contributed by atoms with E-state index in [9.17, 15) is 14.4 Å². The molecule has 8 nitrogen and oxygen atoms in total. The van der Waals surface area contributed by atoms with Crippen LogP contribution in [0, 0.1) is 0 Å². The molecule has 9 heteroatoms. The summed E-state index contributed by atoms with van der Waals surface area (Å²) in [4.78, 5) is 39.1. The third-order valence-corrected chi connectivity index (χ3v) is 5.40. The van der Waals surface area contributed by atoms with Crippen LogP contribution in [0.2, 0.25) is 0 Å². The molecular weight excluding hydrogens is 456 g/mol. The van der Waals surface area contributed by atoms with Crippen molar-refractivity contribution in [1.29, 1.82) is 0 Å². The normalized spacial score (nSPS) is 14.6. The van der Waals surface area contributed by atoms with Gasteiger partial charge in [-0.1, -0.05) is 6.92 Å². The highest BCUT2D eigenvalue weighted by Crippen LogP contribution is 2.31. The maximum atomic E-state index is 13.1. The summed E-state index contributed by atoms with van der Waals surface area (Å²) in [5.74, 6) is 2.84. The second kappa shape index (κ2) is 12.3. The van der Waals surface area contributed by atoms with Gasteiger partial charge < -0.3 is 19.1 Å². The van der Waals surface area contributed by atoms with E-state index < -0.39 is 5.97 Å². The van der Waals surface area contributed by atoms with Crippen LogP contribution in [-0.4, -0.2) is 67.6 Å². The SMILES string of the molecule is CCCOc1cc(OCC(=O)OCC)ccc1C(=O)CN1CC2=C(C=CC(=C=NSC)C2)C1=O. The van der Waals surface area contributed by atoms with Crippen LogP contribution in [0.4, 0.5) is 0 Å². The van der Waals surface area contributed by atoms with Gasteiger partial charge in [-0.25, -0.2) is 4.79 Å². The Morgan fingerprint density at radius 1 is 1.21 bits per heavy atom. The van der Waals surface area contributed by atoms with E-state index in [1.807, 2.05) is 19.3 Å². The zero-order valence-electron chi connectivity index (χ0n) is 19.6. The number of hydrogen-bond donors (Lipinski definition) is 0. The van der Waals surface area contributed by atoms with Gasteiger partial charge in [0.15, 0.2) is 12.4 Å². The molecule has 3 rings (SSSR count). The predicted molar refractivity (Wildman–Crippen MR) is 131 cm³/mol. The second-order valence-corrected chi connectivity index (χ2v) is 8.17. The predicted octanol–water partition coefficient (Wildman–Crippen LogP) is 3.57. The van der Waals surface area contributed by atoms with Crippen LogP contribution in [0.25, 0.3) is 0 Å². The van der Waals surface area contributed by atoms with Gasteiger partial charge in [-0.3, -0.25) is 9.59 Å². The summed E-state index contributed by atoms with van der Waals surface area (Å²) in [6.45, 7) is 4.45. The number of carbonyl (C=O) groups is 3. The fraction of sp³-hybridized carbons (Fsp3) is 0.400. The number of carbonyl (C=O) groups excluding carboxylic acids is 3. The van der Waals surface area contributed by atoms with Crippen molar-refractivity contribution >= 4 is 35.5 Å². The summed E-state index contributed by atoms with van der Waals surface area (Å²) >= 11 is 1.32. The Morgan fingerprint density at radius 3 is 2.76 bits per heavy atom. The lowest BCUT2D eigenvalue weighted by molar-refractivity contribution is -0.145. The number of ether oxygens (including phenoxy) is 3. The number of amides is 1. The molecule has 180 valence electrons. The Morgan fingerprint density at radius 2 is 2.03 bits per heavy atom. The van der Waals surface area contributed by atoms with Gasteiger partial charge in [0.1, 0.15) is 11.5 Å². The van der Waals surface area contributed by atoms with Crippen molar-refractivity contribution in [2.75, 3.05) is 39.2 Å². The molecule has 0 unspecified atom stereocenters. The van der Waals surface area contributed by atoms with E-state index in [0.29, 0.717) is 42.2 Å². The molecule has 0 aromatic heterocycles. The summed E-state index contributed by atoms with van der Waals surface area (Å²) in [5.41, 5.74) is 2.86. The van der Waals surface area contributed by atoms with E-state index in [-0.39, 0.29) is 31.4 Å². The van der Waals surface area contributed by atoms with Crippen molar-refractivity contribution in [3.8, 4) is 11.5 Å². The van der Waals surface area contributed by atoms with E-state index in [4.69, 9.17) is 14.2 Å². The number of ketones is 1. The average Bonchev–Trinajstić information content (AvgIpc) is 3.14.